The molecule has 3 N–H and O–H groups in total. The molecule has 6 heteroatoms. The molecule has 22 heavy (non-hydrogen) atoms. The Kier molecular flexibility index (Phi) is 4.42. The van der Waals surface area contributed by atoms with Gasteiger partial charge in [-0.3, -0.25) is 4.79 Å². The summed E-state index contributed by atoms with van der Waals surface area (Å²) in [5.41, 5.74) is 6.77. The Balaban J connectivity index is 2.27. The van der Waals surface area contributed by atoms with Gasteiger partial charge in [-0.1, -0.05) is 20.8 Å². The molecule has 0 aliphatic carbocycles. The van der Waals surface area contributed by atoms with Gasteiger partial charge in [0, 0.05) is 30.9 Å². The van der Waals surface area contributed by atoms with Crippen molar-refractivity contribution < 1.29 is 13.6 Å². The Morgan fingerprint density at radius 2 is 1.95 bits per heavy atom. The van der Waals surface area contributed by atoms with E-state index in [4.69, 9.17) is 5.73 Å². The number of nitrogens with two attached hydrogens (primary N) is 1. The van der Waals surface area contributed by atoms with E-state index in [2.05, 4.69) is 5.32 Å². The lowest BCUT2D eigenvalue weighted by molar-refractivity contribution is -0.125. The van der Waals surface area contributed by atoms with Crippen molar-refractivity contribution in [3.05, 3.63) is 29.3 Å². The lowest BCUT2D eigenvalue weighted by Gasteiger charge is -2.35. The van der Waals surface area contributed by atoms with E-state index in [1.54, 1.807) is 0 Å². The zero-order valence-electron chi connectivity index (χ0n) is 13.4. The summed E-state index contributed by atoms with van der Waals surface area (Å²) < 4.78 is 27.0. The van der Waals surface area contributed by atoms with Crippen LogP contribution in [0.5, 0.6) is 0 Å². The number of nitrogens with zero attached hydrogens (tertiary/aromatic N) is 1. The summed E-state index contributed by atoms with van der Waals surface area (Å²) >= 11 is 0. The number of hydrogen-bond acceptors (Lipinski definition) is 3. The Morgan fingerprint density at radius 3 is 2.55 bits per heavy atom. The van der Waals surface area contributed by atoms with Crippen LogP contribution >= 0.6 is 0 Å². The van der Waals surface area contributed by atoms with Gasteiger partial charge in [0.05, 0.1) is 12.1 Å². The maximum Gasteiger partial charge on any atom is 0.237 e. The first kappa shape index (κ1) is 16.7. The fourth-order valence-electron chi connectivity index (χ4n) is 2.56. The second kappa shape index (κ2) is 5.83. The smallest absolute Gasteiger partial charge is 0.237 e. The molecule has 0 aromatic heterocycles. The van der Waals surface area contributed by atoms with Crippen LogP contribution in [0.25, 0.3) is 0 Å². The zero-order chi connectivity index (χ0) is 16.7. The third kappa shape index (κ3) is 3.21. The summed E-state index contributed by atoms with van der Waals surface area (Å²) in [5, 5.41) is 2.87. The molecule has 1 aliphatic heterocycles. The van der Waals surface area contributed by atoms with Crippen LogP contribution in [0.3, 0.4) is 0 Å². The monoisotopic (exact) mass is 311 g/mol. The molecular formula is C16H23F2N3O. The molecule has 0 fully saturated rings. The second-order valence-electron chi connectivity index (χ2n) is 6.94. The quantitative estimate of drug-likeness (QED) is 0.881. The van der Waals surface area contributed by atoms with Crippen molar-refractivity contribution in [3.8, 4) is 0 Å². The standard InChI is InChI=1S/C16H23F2N3O/c1-16(2,3)14(19)15(22)20-12-5-6-21(4)13-8-11(18)10(17)7-9(12)13/h7-8,12,14H,5-6,19H2,1-4H3,(H,20,22)/t12?,14-/m1/s1. The van der Waals surface area contributed by atoms with Crippen LogP contribution in [0.2, 0.25) is 0 Å². The van der Waals surface area contributed by atoms with Gasteiger partial charge in [-0.05, 0) is 17.9 Å². The maximum absolute atomic E-state index is 13.6. The van der Waals surface area contributed by atoms with E-state index in [0.29, 0.717) is 24.2 Å². The Hall–Kier alpha value is -1.69. The first-order valence-electron chi connectivity index (χ1n) is 7.37. The number of rotatable bonds is 2. The molecule has 0 radical (unpaired) electrons. The largest absolute Gasteiger partial charge is 0.374 e. The van der Waals surface area contributed by atoms with E-state index in [9.17, 15) is 13.6 Å². The molecule has 2 rings (SSSR count). The van der Waals surface area contributed by atoms with Crippen LogP contribution in [0.4, 0.5) is 14.5 Å². The number of carbonyl (C=O) groups excluding carboxylic acids is 1. The van der Waals surface area contributed by atoms with Crippen molar-refractivity contribution in [1.82, 2.24) is 5.32 Å². The molecule has 1 aromatic carbocycles. The molecule has 1 unspecified atom stereocenters. The van der Waals surface area contributed by atoms with Gasteiger partial charge >= 0.3 is 0 Å². The van der Waals surface area contributed by atoms with Crippen LogP contribution in [-0.4, -0.2) is 25.5 Å². The van der Waals surface area contributed by atoms with Crippen molar-refractivity contribution >= 4 is 11.6 Å². The number of amides is 1. The molecule has 0 saturated carbocycles. The van der Waals surface area contributed by atoms with Crippen LogP contribution in [0, 0.1) is 17.0 Å². The van der Waals surface area contributed by atoms with Gasteiger partial charge in [-0.25, -0.2) is 8.78 Å². The number of benzene rings is 1. The van der Waals surface area contributed by atoms with E-state index in [0.717, 1.165) is 6.07 Å². The van der Waals surface area contributed by atoms with Crippen molar-refractivity contribution in [2.24, 2.45) is 11.1 Å². The summed E-state index contributed by atoms with van der Waals surface area (Å²) in [4.78, 5) is 14.1. The lowest BCUT2D eigenvalue weighted by Crippen LogP contribution is -2.50. The van der Waals surface area contributed by atoms with Crippen LogP contribution in [0.1, 0.15) is 38.8 Å². The van der Waals surface area contributed by atoms with E-state index >= 15 is 0 Å². The number of fused-ring (bicyclic) bond motifs is 1. The van der Waals surface area contributed by atoms with Crippen molar-refractivity contribution in [2.45, 2.75) is 39.3 Å². The summed E-state index contributed by atoms with van der Waals surface area (Å²) in [5.74, 6) is -2.07. The average Bonchev–Trinajstić information content (AvgIpc) is 2.42. The molecule has 0 saturated heterocycles. The third-order valence-electron chi connectivity index (χ3n) is 4.14. The summed E-state index contributed by atoms with van der Waals surface area (Å²) in [7, 11) is 1.81. The summed E-state index contributed by atoms with van der Waals surface area (Å²) in [6, 6.07) is 1.31. The normalized spacial score (nSPS) is 19.6. The summed E-state index contributed by atoms with van der Waals surface area (Å²) in [6.45, 7) is 6.30. The number of anilines is 1. The zero-order valence-corrected chi connectivity index (χ0v) is 13.4. The molecule has 1 amide bonds. The third-order valence-corrected chi connectivity index (χ3v) is 4.14. The fraction of sp³-hybridized carbons (Fsp3) is 0.562. The van der Waals surface area contributed by atoms with Crippen LogP contribution in [-0.2, 0) is 4.79 Å². The number of nitrogens with one attached hydrogen (secondary N) is 1. The minimum atomic E-state index is -0.909. The molecule has 1 aromatic rings. The highest BCUT2D eigenvalue weighted by molar-refractivity contribution is 5.83. The number of carbonyl (C=O) groups is 1. The Bertz CT molecular complexity index is 583. The second-order valence-corrected chi connectivity index (χ2v) is 6.94. The maximum atomic E-state index is 13.6. The highest BCUT2D eigenvalue weighted by Crippen LogP contribution is 2.34. The van der Waals surface area contributed by atoms with Gasteiger partial charge in [-0.2, -0.15) is 0 Å². The topological polar surface area (TPSA) is 58.4 Å². The Morgan fingerprint density at radius 1 is 1.36 bits per heavy atom. The SMILES string of the molecule is CN1CCC(NC(=O)[C@@H](N)C(C)(C)C)c2cc(F)c(F)cc21. The molecule has 0 spiro atoms. The van der Waals surface area contributed by atoms with Gasteiger partial charge in [0.15, 0.2) is 11.6 Å². The van der Waals surface area contributed by atoms with Crippen LogP contribution < -0.4 is 16.0 Å². The molecule has 1 aliphatic rings. The number of hydrogen-bond donors (Lipinski definition) is 2. The van der Waals surface area contributed by atoms with Gasteiger partial charge in [0.1, 0.15) is 0 Å². The highest BCUT2D eigenvalue weighted by Gasteiger charge is 2.32. The number of halogens is 2. The lowest BCUT2D eigenvalue weighted by atomic mass is 9.86. The Labute approximate surface area is 129 Å². The van der Waals surface area contributed by atoms with E-state index in [1.165, 1.54) is 6.07 Å². The van der Waals surface area contributed by atoms with Gasteiger partial charge in [0.2, 0.25) is 5.91 Å². The minimum absolute atomic E-state index is 0.280. The van der Waals surface area contributed by atoms with E-state index < -0.39 is 17.7 Å². The molecule has 122 valence electrons. The molecular weight excluding hydrogens is 288 g/mol. The first-order valence-corrected chi connectivity index (χ1v) is 7.37. The minimum Gasteiger partial charge on any atom is -0.374 e. The molecule has 1 heterocycles. The van der Waals surface area contributed by atoms with Crippen molar-refractivity contribution in [3.63, 3.8) is 0 Å². The first-order chi connectivity index (χ1) is 10.1. The predicted molar refractivity (Wildman–Crippen MR) is 82.6 cm³/mol. The molecule has 0 bridgehead atoms. The van der Waals surface area contributed by atoms with Crippen molar-refractivity contribution in [1.29, 1.82) is 0 Å². The average molecular weight is 311 g/mol. The predicted octanol–water partition coefficient (Wildman–Crippen LogP) is 2.34. The van der Waals surface area contributed by atoms with E-state index in [-0.39, 0.29) is 17.4 Å². The molecule has 4 nitrogen and oxygen atoms in total. The summed E-state index contributed by atoms with van der Waals surface area (Å²) in [6.07, 6.45) is 0.622. The fourth-order valence-corrected chi connectivity index (χ4v) is 2.56. The van der Waals surface area contributed by atoms with Crippen LogP contribution in [0.15, 0.2) is 12.1 Å². The van der Waals surface area contributed by atoms with Gasteiger partial charge < -0.3 is 16.0 Å². The highest BCUT2D eigenvalue weighted by atomic mass is 19.2. The van der Waals surface area contributed by atoms with Crippen molar-refractivity contribution in [2.75, 3.05) is 18.5 Å². The van der Waals surface area contributed by atoms with Gasteiger partial charge in [0.25, 0.3) is 0 Å². The van der Waals surface area contributed by atoms with Gasteiger partial charge in [-0.15, -0.1) is 0 Å². The molecule has 2 atom stereocenters. The van der Waals surface area contributed by atoms with E-state index in [1.807, 2.05) is 32.7 Å².